The van der Waals surface area contributed by atoms with E-state index in [0.29, 0.717) is 5.39 Å². The standard InChI is InChI=1S/C24H30F2/c1-2-3-5-16-8-9-19-15-20(11-10-18(19)14-16)21-13-12-17-6-4-7-22(25)23(17)24(21)26/h4,6-7,12-13,16,18-20H,2-3,5,8-11,14-15H2,1H3. The van der Waals surface area contributed by atoms with Gasteiger partial charge in [-0.3, -0.25) is 0 Å². The first-order valence-electron chi connectivity index (χ1n) is 10.5. The molecule has 2 fully saturated rings. The molecular formula is C24H30F2. The maximum atomic E-state index is 15.1. The summed E-state index contributed by atoms with van der Waals surface area (Å²) in [5, 5.41) is 0.840. The minimum absolute atomic E-state index is 0.176. The van der Waals surface area contributed by atoms with E-state index in [2.05, 4.69) is 6.92 Å². The Bertz CT molecular complexity index is 766. The van der Waals surface area contributed by atoms with Gasteiger partial charge in [-0.15, -0.1) is 0 Å². The van der Waals surface area contributed by atoms with E-state index in [4.69, 9.17) is 0 Å². The van der Waals surface area contributed by atoms with E-state index in [1.54, 1.807) is 12.1 Å². The van der Waals surface area contributed by atoms with Gasteiger partial charge < -0.3 is 0 Å². The molecule has 4 unspecified atom stereocenters. The fraction of sp³-hybridized carbons (Fsp3) is 0.583. The second-order valence-electron chi connectivity index (χ2n) is 8.66. The smallest absolute Gasteiger partial charge is 0.137 e. The van der Waals surface area contributed by atoms with Crippen LogP contribution >= 0.6 is 0 Å². The lowest BCUT2D eigenvalue weighted by atomic mass is 9.63. The molecule has 0 nitrogen and oxygen atoms in total. The summed E-state index contributed by atoms with van der Waals surface area (Å²) in [7, 11) is 0. The van der Waals surface area contributed by atoms with Crippen molar-refractivity contribution in [1.82, 2.24) is 0 Å². The van der Waals surface area contributed by atoms with Crippen molar-refractivity contribution in [2.24, 2.45) is 17.8 Å². The predicted octanol–water partition coefficient (Wildman–Crippen LogP) is 7.61. The predicted molar refractivity (Wildman–Crippen MR) is 104 cm³/mol. The maximum absolute atomic E-state index is 15.1. The van der Waals surface area contributed by atoms with Crippen LogP contribution in [0.15, 0.2) is 30.3 Å². The van der Waals surface area contributed by atoms with E-state index < -0.39 is 5.82 Å². The Balaban J connectivity index is 1.50. The van der Waals surface area contributed by atoms with Crippen molar-refractivity contribution in [2.45, 2.75) is 70.6 Å². The molecule has 0 saturated heterocycles. The number of benzene rings is 2. The highest BCUT2D eigenvalue weighted by atomic mass is 19.1. The highest BCUT2D eigenvalue weighted by Crippen LogP contribution is 2.49. The van der Waals surface area contributed by atoms with Crippen LogP contribution in [0, 0.1) is 29.4 Å². The van der Waals surface area contributed by atoms with Gasteiger partial charge in [-0.2, -0.15) is 0 Å². The van der Waals surface area contributed by atoms with Crippen LogP contribution in [0.1, 0.15) is 76.2 Å². The minimum Gasteiger partial charge on any atom is -0.206 e. The van der Waals surface area contributed by atoms with Gasteiger partial charge in [0.25, 0.3) is 0 Å². The van der Waals surface area contributed by atoms with E-state index in [9.17, 15) is 4.39 Å². The number of halogens is 2. The molecule has 26 heavy (non-hydrogen) atoms. The molecule has 2 heteroatoms. The third-order valence-corrected chi connectivity index (χ3v) is 7.09. The van der Waals surface area contributed by atoms with E-state index in [1.807, 2.05) is 12.1 Å². The average molecular weight is 357 g/mol. The largest absolute Gasteiger partial charge is 0.206 e. The molecular weight excluding hydrogens is 326 g/mol. The average Bonchev–Trinajstić information content (AvgIpc) is 2.66. The Morgan fingerprint density at radius 1 is 0.923 bits per heavy atom. The van der Waals surface area contributed by atoms with Crippen LogP contribution in [0.5, 0.6) is 0 Å². The van der Waals surface area contributed by atoms with Crippen molar-refractivity contribution >= 4 is 10.8 Å². The number of rotatable bonds is 4. The number of hydrogen-bond acceptors (Lipinski definition) is 0. The lowest BCUT2D eigenvalue weighted by molar-refractivity contribution is 0.113. The summed E-state index contributed by atoms with van der Waals surface area (Å²) >= 11 is 0. The molecule has 0 N–H and O–H groups in total. The molecule has 140 valence electrons. The fourth-order valence-electron chi connectivity index (χ4n) is 5.65. The van der Waals surface area contributed by atoms with Gasteiger partial charge >= 0.3 is 0 Å². The van der Waals surface area contributed by atoms with Crippen molar-refractivity contribution < 1.29 is 8.78 Å². The van der Waals surface area contributed by atoms with E-state index >= 15 is 4.39 Å². The lowest BCUT2D eigenvalue weighted by Crippen LogP contribution is -2.30. The van der Waals surface area contributed by atoms with Crippen LogP contribution in [-0.4, -0.2) is 0 Å². The van der Waals surface area contributed by atoms with Crippen molar-refractivity contribution in [3.8, 4) is 0 Å². The van der Waals surface area contributed by atoms with Crippen LogP contribution in [-0.2, 0) is 0 Å². The summed E-state index contributed by atoms with van der Waals surface area (Å²) in [5.74, 6) is 1.99. The van der Waals surface area contributed by atoms with Crippen molar-refractivity contribution in [3.05, 3.63) is 47.5 Å². The molecule has 4 atom stereocenters. The fourth-order valence-corrected chi connectivity index (χ4v) is 5.65. The maximum Gasteiger partial charge on any atom is 0.137 e. The van der Waals surface area contributed by atoms with Gasteiger partial charge in [-0.1, -0.05) is 56.9 Å². The zero-order valence-corrected chi connectivity index (χ0v) is 15.8. The third kappa shape index (κ3) is 3.40. The SMILES string of the molecule is CCCCC1CCC2CC(c3ccc4cccc(F)c4c3F)CCC2C1. The first kappa shape index (κ1) is 17.9. The van der Waals surface area contributed by atoms with E-state index in [0.717, 1.165) is 36.2 Å². The summed E-state index contributed by atoms with van der Waals surface area (Å²) in [6, 6.07) is 8.61. The normalized spacial score (nSPS) is 28.9. The molecule has 4 rings (SSSR count). The van der Waals surface area contributed by atoms with Gasteiger partial charge in [0.05, 0.1) is 5.39 Å². The molecule has 2 aliphatic carbocycles. The first-order valence-corrected chi connectivity index (χ1v) is 10.5. The summed E-state index contributed by atoms with van der Waals surface area (Å²) in [5.41, 5.74) is 0.745. The van der Waals surface area contributed by atoms with Gasteiger partial charge in [0, 0.05) is 0 Å². The molecule has 0 bridgehead atoms. The van der Waals surface area contributed by atoms with Crippen LogP contribution in [0.4, 0.5) is 8.78 Å². The molecule has 0 aromatic heterocycles. The van der Waals surface area contributed by atoms with Crippen LogP contribution in [0.25, 0.3) is 10.8 Å². The monoisotopic (exact) mass is 356 g/mol. The van der Waals surface area contributed by atoms with Crippen LogP contribution < -0.4 is 0 Å². The first-order chi connectivity index (χ1) is 12.7. The van der Waals surface area contributed by atoms with Crippen molar-refractivity contribution in [3.63, 3.8) is 0 Å². The zero-order valence-electron chi connectivity index (χ0n) is 15.8. The Hall–Kier alpha value is -1.44. The van der Waals surface area contributed by atoms with E-state index in [1.165, 1.54) is 51.0 Å². The highest BCUT2D eigenvalue weighted by Gasteiger charge is 2.36. The van der Waals surface area contributed by atoms with E-state index in [-0.39, 0.29) is 17.1 Å². The zero-order chi connectivity index (χ0) is 18.1. The van der Waals surface area contributed by atoms with Gasteiger partial charge in [0.2, 0.25) is 0 Å². The van der Waals surface area contributed by atoms with Crippen LogP contribution in [0.3, 0.4) is 0 Å². The second-order valence-corrected chi connectivity index (χ2v) is 8.66. The molecule has 0 radical (unpaired) electrons. The molecule has 0 heterocycles. The summed E-state index contributed by atoms with van der Waals surface area (Å²) in [4.78, 5) is 0. The van der Waals surface area contributed by atoms with Gasteiger partial charge in [-0.05, 0) is 72.8 Å². The number of hydrogen-bond donors (Lipinski definition) is 0. The summed E-state index contributed by atoms with van der Waals surface area (Å²) in [6.07, 6.45) is 11.4. The summed E-state index contributed by atoms with van der Waals surface area (Å²) in [6.45, 7) is 2.28. The van der Waals surface area contributed by atoms with Crippen LogP contribution in [0.2, 0.25) is 0 Å². The van der Waals surface area contributed by atoms with Crippen molar-refractivity contribution in [1.29, 1.82) is 0 Å². The Morgan fingerprint density at radius 3 is 2.58 bits per heavy atom. The summed E-state index contributed by atoms with van der Waals surface area (Å²) < 4.78 is 29.3. The topological polar surface area (TPSA) is 0 Å². The van der Waals surface area contributed by atoms with Gasteiger partial charge in [-0.25, -0.2) is 8.78 Å². The van der Waals surface area contributed by atoms with Crippen molar-refractivity contribution in [2.75, 3.05) is 0 Å². The quantitative estimate of drug-likeness (QED) is 0.529. The second kappa shape index (κ2) is 7.66. The Labute approximate surface area is 156 Å². The molecule has 0 amide bonds. The lowest BCUT2D eigenvalue weighted by Gasteiger charge is -2.42. The number of fused-ring (bicyclic) bond motifs is 2. The molecule has 0 aliphatic heterocycles. The minimum atomic E-state index is -0.438. The van der Waals surface area contributed by atoms with Gasteiger partial charge in [0.1, 0.15) is 11.6 Å². The molecule has 2 aliphatic rings. The third-order valence-electron chi connectivity index (χ3n) is 7.09. The Morgan fingerprint density at radius 2 is 1.73 bits per heavy atom. The molecule has 2 saturated carbocycles. The molecule has 0 spiro atoms. The Kier molecular flexibility index (Phi) is 5.29. The molecule has 2 aromatic rings. The molecule has 2 aromatic carbocycles. The number of unbranched alkanes of at least 4 members (excludes halogenated alkanes) is 1. The highest BCUT2D eigenvalue weighted by molar-refractivity contribution is 5.84. The van der Waals surface area contributed by atoms with Gasteiger partial charge in [0.15, 0.2) is 0 Å².